The molecule has 1 N–H and O–H groups in total. The van der Waals surface area contributed by atoms with Gasteiger partial charge >= 0.3 is 5.97 Å². The molecular weight excluding hydrogens is 426 g/mol. The predicted molar refractivity (Wildman–Crippen MR) is 124 cm³/mol. The SMILES string of the molecule is CCCC/C=C/C[C@H]1OC(C)(C)O[C@@H]1[C@](COCOC)(NC(=O)c1ccccc1)C(=O)OC. The van der Waals surface area contributed by atoms with Crippen LogP contribution in [0.1, 0.15) is 56.8 Å². The number of allylic oxidation sites excluding steroid dienone is 1. The molecule has 1 aromatic rings. The van der Waals surface area contributed by atoms with E-state index in [0.717, 1.165) is 19.3 Å². The number of nitrogens with one attached hydrogen (secondary N) is 1. The fraction of sp³-hybridized carbons (Fsp3) is 0.600. The summed E-state index contributed by atoms with van der Waals surface area (Å²) in [6.07, 6.45) is 6.41. The zero-order valence-electron chi connectivity index (χ0n) is 20.3. The van der Waals surface area contributed by atoms with Crippen LogP contribution in [-0.2, 0) is 28.5 Å². The minimum Gasteiger partial charge on any atom is -0.467 e. The summed E-state index contributed by atoms with van der Waals surface area (Å²) in [5.41, 5.74) is -1.26. The Morgan fingerprint density at radius 1 is 1.15 bits per heavy atom. The van der Waals surface area contributed by atoms with Crippen molar-refractivity contribution in [3.05, 3.63) is 48.0 Å². The highest BCUT2D eigenvalue weighted by atomic mass is 16.8. The summed E-state index contributed by atoms with van der Waals surface area (Å²) in [4.78, 5) is 26.4. The first-order valence-electron chi connectivity index (χ1n) is 11.3. The lowest BCUT2D eigenvalue weighted by molar-refractivity contribution is -0.175. The van der Waals surface area contributed by atoms with Crippen LogP contribution in [-0.4, -0.2) is 63.0 Å². The van der Waals surface area contributed by atoms with E-state index in [1.807, 2.05) is 12.1 Å². The topological polar surface area (TPSA) is 92.3 Å². The van der Waals surface area contributed by atoms with Crippen LogP contribution >= 0.6 is 0 Å². The quantitative estimate of drug-likeness (QED) is 0.207. The van der Waals surface area contributed by atoms with Crippen LogP contribution < -0.4 is 5.32 Å². The fourth-order valence-electron chi connectivity index (χ4n) is 3.84. The zero-order valence-corrected chi connectivity index (χ0v) is 20.3. The maximum absolute atomic E-state index is 13.2. The van der Waals surface area contributed by atoms with E-state index in [9.17, 15) is 9.59 Å². The molecule has 8 heteroatoms. The molecule has 0 unspecified atom stereocenters. The van der Waals surface area contributed by atoms with E-state index >= 15 is 0 Å². The van der Waals surface area contributed by atoms with Gasteiger partial charge in [-0.05, 0) is 38.8 Å². The number of hydrogen-bond donors (Lipinski definition) is 1. The van der Waals surface area contributed by atoms with Crippen LogP contribution in [0.15, 0.2) is 42.5 Å². The first kappa shape index (κ1) is 27.0. The molecular formula is C25H37NO7. The number of methoxy groups -OCH3 is 2. The summed E-state index contributed by atoms with van der Waals surface area (Å²) in [5, 5.41) is 2.85. The standard InChI is InChI=1S/C25H37NO7/c1-6-7-8-9-13-16-20-21(33-24(2,3)32-20)25(23(28)30-5,17-31-18-29-4)26-22(27)19-14-11-10-12-15-19/h9-15,20-21H,6-8,16-18H2,1-5H3,(H,26,27)/b13-9+/t20-,21+,25+/m1/s1. The molecule has 0 spiro atoms. The predicted octanol–water partition coefficient (Wildman–Crippen LogP) is 3.61. The molecule has 33 heavy (non-hydrogen) atoms. The minimum absolute atomic E-state index is 0.0709. The van der Waals surface area contributed by atoms with E-state index in [2.05, 4.69) is 18.3 Å². The number of carbonyl (C=O) groups excluding carboxylic acids is 2. The van der Waals surface area contributed by atoms with Gasteiger partial charge in [0.05, 0.1) is 19.8 Å². The Bertz CT molecular complexity index is 780. The third kappa shape index (κ3) is 7.37. The molecule has 1 saturated heterocycles. The summed E-state index contributed by atoms with van der Waals surface area (Å²) in [6.45, 7) is 5.40. The summed E-state index contributed by atoms with van der Waals surface area (Å²) in [7, 11) is 2.74. The van der Waals surface area contributed by atoms with E-state index in [1.165, 1.54) is 14.2 Å². The smallest absolute Gasteiger partial charge is 0.336 e. The Morgan fingerprint density at radius 2 is 1.88 bits per heavy atom. The number of esters is 1. The van der Waals surface area contributed by atoms with Crippen LogP contribution in [0.5, 0.6) is 0 Å². The molecule has 0 radical (unpaired) electrons. The second kappa shape index (κ2) is 12.8. The van der Waals surface area contributed by atoms with Crippen molar-refractivity contribution in [1.82, 2.24) is 5.32 Å². The van der Waals surface area contributed by atoms with Gasteiger partial charge in [-0.1, -0.05) is 50.1 Å². The van der Waals surface area contributed by atoms with Crippen LogP contribution in [0.4, 0.5) is 0 Å². The number of rotatable bonds is 13. The highest BCUT2D eigenvalue weighted by Gasteiger charge is 2.58. The fourth-order valence-corrected chi connectivity index (χ4v) is 3.84. The van der Waals surface area contributed by atoms with Crippen LogP contribution in [0, 0.1) is 0 Å². The van der Waals surface area contributed by atoms with Gasteiger partial charge in [-0.3, -0.25) is 4.79 Å². The van der Waals surface area contributed by atoms with Crippen LogP contribution in [0.3, 0.4) is 0 Å². The van der Waals surface area contributed by atoms with E-state index < -0.39 is 35.4 Å². The second-order valence-electron chi connectivity index (χ2n) is 8.48. The molecule has 1 amide bonds. The van der Waals surface area contributed by atoms with Crippen LogP contribution in [0.2, 0.25) is 0 Å². The molecule has 2 rings (SSSR count). The molecule has 0 saturated carbocycles. The van der Waals surface area contributed by atoms with Crippen molar-refractivity contribution in [2.75, 3.05) is 27.6 Å². The van der Waals surface area contributed by atoms with Gasteiger partial charge in [0.25, 0.3) is 5.91 Å². The van der Waals surface area contributed by atoms with E-state index in [-0.39, 0.29) is 13.4 Å². The lowest BCUT2D eigenvalue weighted by Crippen LogP contribution is -2.67. The average Bonchev–Trinajstić information content (AvgIpc) is 3.12. The lowest BCUT2D eigenvalue weighted by atomic mass is 9.87. The van der Waals surface area contributed by atoms with E-state index in [1.54, 1.807) is 38.1 Å². The molecule has 1 aromatic carbocycles. The molecule has 1 fully saturated rings. The highest BCUT2D eigenvalue weighted by molar-refractivity contribution is 5.98. The Balaban J connectivity index is 2.41. The zero-order chi connectivity index (χ0) is 24.3. The largest absolute Gasteiger partial charge is 0.467 e. The molecule has 3 atom stereocenters. The molecule has 184 valence electrons. The third-order valence-corrected chi connectivity index (χ3v) is 5.38. The molecule has 0 aliphatic carbocycles. The normalized spacial score (nSPS) is 21.6. The van der Waals surface area contributed by atoms with Crippen molar-refractivity contribution >= 4 is 11.9 Å². The number of unbranched alkanes of at least 4 members (excludes halogenated alkanes) is 2. The van der Waals surface area contributed by atoms with Gasteiger partial charge < -0.3 is 29.0 Å². The van der Waals surface area contributed by atoms with Gasteiger partial charge in [-0.25, -0.2) is 4.79 Å². The van der Waals surface area contributed by atoms with Crippen molar-refractivity contribution in [2.45, 2.75) is 70.0 Å². The van der Waals surface area contributed by atoms with Crippen molar-refractivity contribution < 1.29 is 33.3 Å². The first-order chi connectivity index (χ1) is 15.8. The second-order valence-corrected chi connectivity index (χ2v) is 8.48. The highest BCUT2D eigenvalue weighted by Crippen LogP contribution is 2.37. The summed E-state index contributed by atoms with van der Waals surface area (Å²) < 4.78 is 28.1. The molecule has 8 nitrogen and oxygen atoms in total. The maximum atomic E-state index is 13.2. The van der Waals surface area contributed by atoms with Gasteiger partial charge in [0.2, 0.25) is 0 Å². The van der Waals surface area contributed by atoms with Gasteiger partial charge in [0.1, 0.15) is 12.9 Å². The minimum atomic E-state index is -1.66. The maximum Gasteiger partial charge on any atom is 0.336 e. The number of hydrogen-bond acceptors (Lipinski definition) is 7. The lowest BCUT2D eigenvalue weighted by Gasteiger charge is -2.37. The summed E-state index contributed by atoms with van der Waals surface area (Å²) in [5.74, 6) is -2.10. The Morgan fingerprint density at radius 3 is 2.52 bits per heavy atom. The molecule has 1 aliphatic rings. The number of carbonyl (C=O) groups is 2. The first-order valence-corrected chi connectivity index (χ1v) is 11.3. The van der Waals surface area contributed by atoms with Crippen LogP contribution in [0.25, 0.3) is 0 Å². The molecule has 1 aliphatic heterocycles. The number of ether oxygens (including phenoxy) is 5. The summed E-state index contributed by atoms with van der Waals surface area (Å²) >= 11 is 0. The molecule has 0 aromatic heterocycles. The Kier molecular flexibility index (Phi) is 10.5. The molecule has 0 bridgehead atoms. The van der Waals surface area contributed by atoms with Gasteiger partial charge in [-0.15, -0.1) is 0 Å². The average molecular weight is 464 g/mol. The van der Waals surface area contributed by atoms with Crippen molar-refractivity contribution in [3.8, 4) is 0 Å². The number of benzene rings is 1. The number of amides is 1. The van der Waals surface area contributed by atoms with E-state index in [0.29, 0.717) is 12.0 Å². The van der Waals surface area contributed by atoms with Crippen molar-refractivity contribution in [2.24, 2.45) is 0 Å². The van der Waals surface area contributed by atoms with E-state index in [4.69, 9.17) is 23.7 Å². The Hall–Kier alpha value is -2.26. The van der Waals surface area contributed by atoms with Crippen molar-refractivity contribution in [3.63, 3.8) is 0 Å². The van der Waals surface area contributed by atoms with Gasteiger partial charge in [-0.2, -0.15) is 0 Å². The monoisotopic (exact) mass is 463 g/mol. The summed E-state index contributed by atoms with van der Waals surface area (Å²) in [6, 6.07) is 8.63. The van der Waals surface area contributed by atoms with Gasteiger partial charge in [0.15, 0.2) is 11.3 Å². The van der Waals surface area contributed by atoms with Gasteiger partial charge in [0, 0.05) is 12.7 Å². The van der Waals surface area contributed by atoms with Crippen molar-refractivity contribution in [1.29, 1.82) is 0 Å². The molecule has 1 heterocycles. The third-order valence-electron chi connectivity index (χ3n) is 5.38. The Labute approximate surface area is 196 Å².